The Kier molecular flexibility index (Phi) is 4.93. The summed E-state index contributed by atoms with van der Waals surface area (Å²) < 4.78 is 4.34. The molecule has 0 radical (unpaired) electrons. The minimum absolute atomic E-state index is 0.123. The highest BCUT2D eigenvalue weighted by Gasteiger charge is 2.13. The first-order chi connectivity index (χ1) is 13.7. The van der Waals surface area contributed by atoms with Crippen LogP contribution in [-0.4, -0.2) is 25.0 Å². The van der Waals surface area contributed by atoms with Gasteiger partial charge in [0.2, 0.25) is 0 Å². The lowest BCUT2D eigenvalue weighted by molar-refractivity contribution is 0.102. The molecule has 142 valence electrons. The molecule has 0 aliphatic rings. The molecule has 2 aromatic heterocycles. The summed E-state index contributed by atoms with van der Waals surface area (Å²) in [6, 6.07) is 15.1. The maximum atomic E-state index is 12.4. The molecule has 0 atom stereocenters. The Bertz CT molecular complexity index is 1110. The Morgan fingerprint density at radius 3 is 2.68 bits per heavy atom. The predicted molar refractivity (Wildman–Crippen MR) is 110 cm³/mol. The normalized spacial score (nSPS) is 11.1. The van der Waals surface area contributed by atoms with Crippen LogP contribution in [0.3, 0.4) is 0 Å². The Hall–Kier alpha value is -3.41. The van der Waals surface area contributed by atoms with Crippen molar-refractivity contribution in [3.63, 3.8) is 0 Å². The van der Waals surface area contributed by atoms with Crippen molar-refractivity contribution in [3.8, 4) is 0 Å². The van der Waals surface area contributed by atoms with E-state index >= 15 is 0 Å². The summed E-state index contributed by atoms with van der Waals surface area (Å²) in [5.41, 5.74) is 3.34. The lowest BCUT2D eigenvalue weighted by atomic mass is 10.2. The number of imidazole rings is 2. The summed E-state index contributed by atoms with van der Waals surface area (Å²) in [7, 11) is 0. The maximum Gasteiger partial charge on any atom is 0.255 e. The second-order valence-corrected chi connectivity index (χ2v) is 6.81. The van der Waals surface area contributed by atoms with Crippen LogP contribution < -0.4 is 5.32 Å². The molecule has 0 aliphatic heterocycles. The number of hydrogen-bond donors (Lipinski definition) is 1. The van der Waals surface area contributed by atoms with E-state index in [4.69, 9.17) is 4.98 Å². The fraction of sp³-hybridized carbons (Fsp3) is 0.227. The number of nitrogens with one attached hydrogen (secondary N) is 1. The van der Waals surface area contributed by atoms with Crippen molar-refractivity contribution in [1.82, 2.24) is 19.1 Å². The average Bonchev–Trinajstić information content (AvgIpc) is 3.26. The van der Waals surface area contributed by atoms with Gasteiger partial charge in [0.1, 0.15) is 11.6 Å². The number of hydrogen-bond acceptors (Lipinski definition) is 3. The van der Waals surface area contributed by atoms with Crippen LogP contribution in [0.5, 0.6) is 0 Å². The standard InChI is InChI=1S/C22H23N5O/c1-3-12-27-20-10-9-18(24-22(28)17-7-5-4-6-8-17)14-19(20)25-21(27)15-26-13-11-23-16(26)2/h4-11,13-14H,3,12,15H2,1-2H3,(H,24,28). The number of aromatic nitrogens is 4. The number of benzene rings is 2. The van der Waals surface area contributed by atoms with E-state index in [1.54, 1.807) is 18.3 Å². The Morgan fingerprint density at radius 1 is 1.14 bits per heavy atom. The van der Waals surface area contributed by atoms with Crippen LogP contribution in [0, 0.1) is 6.92 Å². The lowest BCUT2D eigenvalue weighted by Gasteiger charge is -2.09. The fourth-order valence-electron chi connectivity index (χ4n) is 3.37. The number of fused-ring (bicyclic) bond motifs is 1. The van der Waals surface area contributed by atoms with Crippen LogP contribution >= 0.6 is 0 Å². The maximum absolute atomic E-state index is 12.4. The van der Waals surface area contributed by atoms with Crippen LogP contribution in [0.1, 0.15) is 35.4 Å². The zero-order valence-corrected chi connectivity index (χ0v) is 16.1. The minimum Gasteiger partial charge on any atom is -0.328 e. The molecular weight excluding hydrogens is 350 g/mol. The molecule has 4 rings (SSSR count). The summed E-state index contributed by atoms with van der Waals surface area (Å²) >= 11 is 0. The highest BCUT2D eigenvalue weighted by Crippen LogP contribution is 2.22. The fourth-order valence-corrected chi connectivity index (χ4v) is 3.37. The first-order valence-corrected chi connectivity index (χ1v) is 9.49. The molecule has 2 heterocycles. The zero-order valence-electron chi connectivity index (χ0n) is 16.1. The summed E-state index contributed by atoms with van der Waals surface area (Å²) in [6.45, 7) is 5.72. The molecule has 4 aromatic rings. The van der Waals surface area contributed by atoms with Gasteiger partial charge >= 0.3 is 0 Å². The summed E-state index contributed by atoms with van der Waals surface area (Å²) in [6.07, 6.45) is 4.80. The van der Waals surface area contributed by atoms with Crippen molar-refractivity contribution in [2.24, 2.45) is 0 Å². The van der Waals surface area contributed by atoms with E-state index in [9.17, 15) is 4.79 Å². The second kappa shape index (κ2) is 7.68. The van der Waals surface area contributed by atoms with Gasteiger partial charge < -0.3 is 14.5 Å². The Morgan fingerprint density at radius 2 is 1.96 bits per heavy atom. The first-order valence-electron chi connectivity index (χ1n) is 9.49. The quantitative estimate of drug-likeness (QED) is 0.549. The van der Waals surface area contributed by atoms with E-state index in [2.05, 4.69) is 26.4 Å². The highest BCUT2D eigenvalue weighted by molar-refractivity contribution is 6.04. The van der Waals surface area contributed by atoms with Gasteiger partial charge in [-0.15, -0.1) is 0 Å². The number of nitrogens with zero attached hydrogens (tertiary/aromatic N) is 4. The zero-order chi connectivity index (χ0) is 19.5. The lowest BCUT2D eigenvalue weighted by Crippen LogP contribution is -2.11. The van der Waals surface area contributed by atoms with Crippen molar-refractivity contribution < 1.29 is 4.79 Å². The van der Waals surface area contributed by atoms with Crippen molar-refractivity contribution >= 4 is 22.6 Å². The Labute approximate surface area is 163 Å². The number of carbonyl (C=O) groups is 1. The van der Waals surface area contributed by atoms with Crippen LogP contribution in [0.25, 0.3) is 11.0 Å². The summed E-state index contributed by atoms with van der Waals surface area (Å²) in [5, 5.41) is 2.96. The van der Waals surface area contributed by atoms with Crippen LogP contribution in [-0.2, 0) is 13.1 Å². The van der Waals surface area contributed by atoms with Gasteiger partial charge in [0.25, 0.3) is 5.91 Å². The molecule has 0 unspecified atom stereocenters. The number of aryl methyl sites for hydroxylation is 2. The van der Waals surface area contributed by atoms with E-state index in [1.165, 1.54) is 0 Å². The Balaban J connectivity index is 1.65. The van der Waals surface area contributed by atoms with Gasteiger partial charge in [-0.2, -0.15) is 0 Å². The molecule has 0 fully saturated rings. The molecule has 6 nitrogen and oxygen atoms in total. The van der Waals surface area contributed by atoms with Crippen molar-refractivity contribution in [3.05, 3.63) is 78.1 Å². The summed E-state index contributed by atoms with van der Waals surface area (Å²) in [4.78, 5) is 21.6. The molecular formula is C22H23N5O. The summed E-state index contributed by atoms with van der Waals surface area (Å²) in [5.74, 6) is 1.83. The van der Waals surface area contributed by atoms with Crippen LogP contribution in [0.2, 0.25) is 0 Å². The largest absolute Gasteiger partial charge is 0.328 e. The molecule has 1 amide bonds. The second-order valence-electron chi connectivity index (χ2n) is 6.81. The van der Waals surface area contributed by atoms with Crippen LogP contribution in [0.4, 0.5) is 5.69 Å². The molecule has 0 bridgehead atoms. The molecule has 0 saturated carbocycles. The number of anilines is 1. The van der Waals surface area contributed by atoms with Gasteiger partial charge in [-0.1, -0.05) is 25.1 Å². The van der Waals surface area contributed by atoms with E-state index in [-0.39, 0.29) is 5.91 Å². The van der Waals surface area contributed by atoms with Gasteiger partial charge in [0, 0.05) is 30.2 Å². The van der Waals surface area contributed by atoms with Gasteiger partial charge in [-0.3, -0.25) is 4.79 Å². The predicted octanol–water partition coefficient (Wildman–Crippen LogP) is 4.25. The third kappa shape index (κ3) is 3.53. The molecule has 28 heavy (non-hydrogen) atoms. The van der Waals surface area contributed by atoms with Gasteiger partial charge in [-0.05, 0) is 43.7 Å². The average molecular weight is 373 g/mol. The van der Waals surface area contributed by atoms with E-state index < -0.39 is 0 Å². The number of carbonyl (C=O) groups excluding carboxylic acids is 1. The smallest absolute Gasteiger partial charge is 0.255 e. The minimum atomic E-state index is -0.123. The monoisotopic (exact) mass is 373 g/mol. The van der Waals surface area contributed by atoms with Crippen LogP contribution in [0.15, 0.2) is 60.9 Å². The topological polar surface area (TPSA) is 64.7 Å². The molecule has 0 aliphatic carbocycles. The van der Waals surface area contributed by atoms with Gasteiger partial charge in [0.15, 0.2) is 0 Å². The van der Waals surface area contributed by atoms with Crippen molar-refractivity contribution in [1.29, 1.82) is 0 Å². The van der Waals surface area contributed by atoms with E-state index in [0.29, 0.717) is 12.1 Å². The number of rotatable bonds is 6. The van der Waals surface area contributed by atoms with E-state index in [0.717, 1.165) is 41.3 Å². The SMILES string of the molecule is CCCn1c(Cn2ccnc2C)nc2cc(NC(=O)c3ccccc3)ccc21. The van der Waals surface area contributed by atoms with Gasteiger partial charge in [0.05, 0.1) is 17.6 Å². The van der Waals surface area contributed by atoms with E-state index in [1.807, 2.05) is 49.5 Å². The molecule has 2 aromatic carbocycles. The molecule has 0 saturated heterocycles. The highest BCUT2D eigenvalue weighted by atomic mass is 16.1. The van der Waals surface area contributed by atoms with Crippen molar-refractivity contribution in [2.75, 3.05) is 5.32 Å². The van der Waals surface area contributed by atoms with Gasteiger partial charge in [-0.25, -0.2) is 9.97 Å². The number of amides is 1. The third-order valence-corrected chi connectivity index (χ3v) is 4.80. The molecule has 0 spiro atoms. The first kappa shape index (κ1) is 18.0. The van der Waals surface area contributed by atoms with Crippen molar-refractivity contribution in [2.45, 2.75) is 33.4 Å². The molecule has 1 N–H and O–H groups in total. The molecule has 6 heteroatoms. The third-order valence-electron chi connectivity index (χ3n) is 4.80.